The minimum Gasteiger partial charge on any atom is -0.240 e. The highest BCUT2D eigenvalue weighted by atomic mass is 19.2. The van der Waals surface area contributed by atoms with Crippen LogP contribution in [0.2, 0.25) is 0 Å². The summed E-state index contributed by atoms with van der Waals surface area (Å²) in [4.78, 5) is 8.59. The summed E-state index contributed by atoms with van der Waals surface area (Å²) < 4.78 is 65.0. The fraction of sp³-hybridized carbons (Fsp3) is 0.400. The molecule has 0 N–H and O–H groups in total. The molecule has 0 spiro atoms. The van der Waals surface area contributed by atoms with Crippen LogP contribution in [0.5, 0.6) is 0 Å². The van der Waals surface area contributed by atoms with Crippen molar-refractivity contribution in [2.75, 3.05) is 13.7 Å². The van der Waals surface area contributed by atoms with Crippen molar-refractivity contribution in [3.63, 3.8) is 0 Å². The van der Waals surface area contributed by atoms with Gasteiger partial charge in [0.25, 0.3) is 0 Å². The minimum absolute atomic E-state index is 0.338. The molecule has 0 fully saturated rings. The molecular weight excluding hydrogens is 247 g/mol. The molecule has 1 aromatic rings. The van der Waals surface area contributed by atoms with Gasteiger partial charge in [0.15, 0.2) is 23.3 Å². The van der Waals surface area contributed by atoms with Crippen LogP contribution >= 0.6 is 0 Å². The molecule has 0 aliphatic carbocycles. The third kappa shape index (κ3) is 2.55. The molecule has 0 heterocycles. The van der Waals surface area contributed by atoms with E-state index in [0.29, 0.717) is 0 Å². The van der Waals surface area contributed by atoms with E-state index < -0.39 is 40.6 Å². The van der Waals surface area contributed by atoms with Crippen LogP contribution in [0.1, 0.15) is 18.4 Å². The Bertz CT molecular complexity index is 393. The molecule has 0 amide bonds. The van der Waals surface area contributed by atoms with Crippen LogP contribution in [-0.4, -0.2) is 13.7 Å². The Morgan fingerprint density at radius 1 is 0.882 bits per heavy atom. The van der Waals surface area contributed by atoms with Gasteiger partial charge >= 0.3 is 0 Å². The first-order valence-electron chi connectivity index (χ1n) is 4.58. The Labute approximate surface area is 93.9 Å². The molecule has 2 nitrogen and oxygen atoms in total. The average Bonchev–Trinajstić information content (AvgIpc) is 2.31. The van der Waals surface area contributed by atoms with Crippen molar-refractivity contribution < 1.29 is 31.7 Å². The Hall–Kier alpha value is -1.21. The van der Waals surface area contributed by atoms with Crippen LogP contribution in [0.15, 0.2) is 0 Å². The largest absolute Gasteiger partial charge is 0.240 e. The molecule has 0 aromatic heterocycles. The zero-order valence-corrected chi connectivity index (χ0v) is 8.99. The van der Waals surface area contributed by atoms with E-state index in [1.807, 2.05) is 0 Å². The lowest BCUT2D eigenvalue weighted by Crippen LogP contribution is -2.13. The van der Waals surface area contributed by atoms with E-state index >= 15 is 0 Å². The minimum atomic E-state index is -2.18. The topological polar surface area (TPSA) is 18.5 Å². The molecule has 7 heteroatoms. The van der Waals surface area contributed by atoms with Crippen molar-refractivity contribution >= 4 is 0 Å². The van der Waals surface area contributed by atoms with Gasteiger partial charge in [-0.2, -0.15) is 0 Å². The summed E-state index contributed by atoms with van der Waals surface area (Å²) in [6.45, 7) is 0.909. The van der Waals surface area contributed by atoms with Gasteiger partial charge < -0.3 is 0 Å². The molecule has 96 valence electrons. The van der Waals surface area contributed by atoms with Crippen LogP contribution in [0.4, 0.5) is 22.0 Å². The van der Waals surface area contributed by atoms with Crippen molar-refractivity contribution in [2.45, 2.75) is 12.8 Å². The Balaban J connectivity index is 3.24. The van der Waals surface area contributed by atoms with E-state index in [0.717, 1.165) is 7.11 Å². The van der Waals surface area contributed by atoms with E-state index in [2.05, 4.69) is 9.78 Å². The van der Waals surface area contributed by atoms with Crippen LogP contribution in [0.3, 0.4) is 0 Å². The van der Waals surface area contributed by atoms with E-state index in [4.69, 9.17) is 0 Å². The predicted octanol–water partition coefficient (Wildman–Crippen LogP) is 3.06. The molecule has 1 unspecified atom stereocenters. The lowest BCUT2D eigenvalue weighted by atomic mass is 10.00. The molecule has 1 aromatic carbocycles. The highest BCUT2D eigenvalue weighted by Gasteiger charge is 2.28. The quantitative estimate of drug-likeness (QED) is 0.271. The normalized spacial score (nSPS) is 12.9. The van der Waals surface area contributed by atoms with Gasteiger partial charge in [-0.15, -0.1) is 0 Å². The standard InChI is InChI=1S/C10H9F5O2/c1-4(3-17-16-2)5-6(11)8(13)10(15)9(14)7(5)12/h4H,3H2,1-2H3. The Morgan fingerprint density at radius 3 is 1.71 bits per heavy atom. The van der Waals surface area contributed by atoms with Gasteiger partial charge in [-0.3, -0.25) is 0 Å². The first-order chi connectivity index (χ1) is 7.91. The van der Waals surface area contributed by atoms with E-state index in [9.17, 15) is 22.0 Å². The third-order valence-electron chi connectivity index (χ3n) is 2.17. The second kappa shape index (κ2) is 5.42. The molecule has 17 heavy (non-hydrogen) atoms. The summed E-state index contributed by atoms with van der Waals surface area (Å²) in [5.41, 5.74) is -0.918. The first-order valence-corrected chi connectivity index (χ1v) is 4.58. The summed E-state index contributed by atoms with van der Waals surface area (Å²) in [5.74, 6) is -10.9. The maximum Gasteiger partial charge on any atom is 0.200 e. The maximum absolute atomic E-state index is 13.3. The Kier molecular flexibility index (Phi) is 4.41. The van der Waals surface area contributed by atoms with Gasteiger partial charge in [-0.1, -0.05) is 6.92 Å². The summed E-state index contributed by atoms with van der Waals surface area (Å²) in [7, 11) is 1.16. The number of halogens is 5. The van der Waals surface area contributed by atoms with Gasteiger partial charge in [-0.25, -0.2) is 31.7 Å². The van der Waals surface area contributed by atoms with E-state index in [-0.39, 0.29) is 6.61 Å². The number of hydrogen-bond acceptors (Lipinski definition) is 2. The van der Waals surface area contributed by atoms with Crippen molar-refractivity contribution in [1.82, 2.24) is 0 Å². The van der Waals surface area contributed by atoms with Crippen LogP contribution in [0, 0.1) is 29.1 Å². The van der Waals surface area contributed by atoms with Gasteiger partial charge in [0.2, 0.25) is 5.82 Å². The number of hydrogen-bond donors (Lipinski definition) is 0. The van der Waals surface area contributed by atoms with Gasteiger partial charge in [0.05, 0.1) is 13.7 Å². The summed E-state index contributed by atoms with van der Waals surface area (Å²) in [5, 5.41) is 0. The molecule has 0 radical (unpaired) electrons. The lowest BCUT2D eigenvalue weighted by molar-refractivity contribution is -0.274. The van der Waals surface area contributed by atoms with Gasteiger partial charge in [0.1, 0.15) is 0 Å². The highest BCUT2D eigenvalue weighted by Crippen LogP contribution is 2.28. The fourth-order valence-electron chi connectivity index (χ4n) is 1.31. The van der Waals surface area contributed by atoms with Gasteiger partial charge in [-0.05, 0) is 0 Å². The molecular formula is C10H9F5O2. The fourth-order valence-corrected chi connectivity index (χ4v) is 1.31. The van der Waals surface area contributed by atoms with Crippen LogP contribution in [-0.2, 0) is 9.78 Å². The molecule has 1 atom stereocenters. The molecule has 0 saturated carbocycles. The molecule has 0 bridgehead atoms. The highest BCUT2D eigenvalue weighted by molar-refractivity contribution is 5.27. The molecule has 0 aliphatic rings. The smallest absolute Gasteiger partial charge is 0.200 e. The number of benzene rings is 1. The summed E-state index contributed by atoms with van der Waals surface area (Å²) >= 11 is 0. The maximum atomic E-state index is 13.3. The van der Waals surface area contributed by atoms with E-state index in [1.165, 1.54) is 6.92 Å². The van der Waals surface area contributed by atoms with Crippen molar-refractivity contribution in [3.8, 4) is 0 Å². The van der Waals surface area contributed by atoms with Crippen LogP contribution in [0.25, 0.3) is 0 Å². The predicted molar refractivity (Wildman–Crippen MR) is 47.6 cm³/mol. The SMILES string of the molecule is COOCC(C)c1c(F)c(F)c(F)c(F)c1F. The molecule has 0 aliphatic heterocycles. The monoisotopic (exact) mass is 256 g/mol. The summed E-state index contributed by atoms with van der Waals surface area (Å²) in [6.07, 6.45) is 0. The lowest BCUT2D eigenvalue weighted by Gasteiger charge is -2.14. The molecule has 0 saturated heterocycles. The first kappa shape index (κ1) is 13.9. The van der Waals surface area contributed by atoms with Crippen LogP contribution < -0.4 is 0 Å². The van der Waals surface area contributed by atoms with Crippen molar-refractivity contribution in [1.29, 1.82) is 0 Å². The third-order valence-corrected chi connectivity index (χ3v) is 2.17. The zero-order valence-electron chi connectivity index (χ0n) is 8.99. The van der Waals surface area contributed by atoms with Crippen molar-refractivity contribution in [3.05, 3.63) is 34.6 Å². The molecule has 1 rings (SSSR count). The zero-order chi connectivity index (χ0) is 13.2. The van der Waals surface area contributed by atoms with E-state index in [1.54, 1.807) is 0 Å². The Morgan fingerprint density at radius 2 is 1.29 bits per heavy atom. The second-order valence-corrected chi connectivity index (χ2v) is 3.34. The summed E-state index contributed by atoms with van der Waals surface area (Å²) in [6, 6.07) is 0. The number of rotatable bonds is 4. The van der Waals surface area contributed by atoms with Crippen molar-refractivity contribution in [2.24, 2.45) is 0 Å². The van der Waals surface area contributed by atoms with Gasteiger partial charge in [0, 0.05) is 11.5 Å². The second-order valence-electron chi connectivity index (χ2n) is 3.34. The average molecular weight is 256 g/mol.